The van der Waals surface area contributed by atoms with Crippen molar-refractivity contribution in [1.82, 2.24) is 0 Å². The van der Waals surface area contributed by atoms with E-state index in [2.05, 4.69) is 21.2 Å². The van der Waals surface area contributed by atoms with Gasteiger partial charge in [-0.2, -0.15) is 0 Å². The van der Waals surface area contributed by atoms with Gasteiger partial charge in [0.05, 0.1) is 24.9 Å². The highest BCUT2D eigenvalue weighted by atomic mass is 79.9. The first-order valence-electron chi connectivity index (χ1n) is 5.53. The minimum absolute atomic E-state index is 0.169. The van der Waals surface area contributed by atoms with Crippen LogP contribution in [0.3, 0.4) is 0 Å². The van der Waals surface area contributed by atoms with Crippen LogP contribution in [0.4, 0.5) is 5.69 Å². The molecule has 1 aromatic heterocycles. The van der Waals surface area contributed by atoms with E-state index in [0.29, 0.717) is 26.9 Å². The van der Waals surface area contributed by atoms with E-state index in [1.807, 2.05) is 0 Å². The van der Waals surface area contributed by atoms with Gasteiger partial charge >= 0.3 is 0 Å². The number of carbonyl (C=O) groups is 1. The molecule has 1 aromatic carbocycles. The fourth-order valence-corrected chi connectivity index (χ4v) is 2.08. The molecule has 2 aromatic rings. The number of ether oxygens (including phenoxy) is 2. The SMILES string of the molecule is COc1cc(Cl)c(NC(=O)c2ccc(Br)o2)cc1OC. The Morgan fingerprint density at radius 3 is 2.45 bits per heavy atom. The molecule has 0 bridgehead atoms. The van der Waals surface area contributed by atoms with Crippen LogP contribution in [0.1, 0.15) is 10.6 Å². The standard InChI is InChI=1S/C13H11BrClNO4/c1-18-10-5-7(15)8(6-11(10)19-2)16-13(17)9-3-4-12(14)20-9/h3-6H,1-2H3,(H,16,17). The van der Waals surface area contributed by atoms with Gasteiger partial charge in [-0.15, -0.1) is 0 Å². The molecule has 0 spiro atoms. The van der Waals surface area contributed by atoms with Crippen LogP contribution in [-0.4, -0.2) is 20.1 Å². The Morgan fingerprint density at radius 2 is 1.90 bits per heavy atom. The van der Waals surface area contributed by atoms with Crippen LogP contribution in [0.2, 0.25) is 5.02 Å². The van der Waals surface area contributed by atoms with Crippen LogP contribution in [0.25, 0.3) is 0 Å². The molecule has 1 amide bonds. The molecule has 20 heavy (non-hydrogen) atoms. The zero-order valence-corrected chi connectivity index (χ0v) is 13.0. The summed E-state index contributed by atoms with van der Waals surface area (Å²) in [6.45, 7) is 0. The van der Waals surface area contributed by atoms with E-state index in [4.69, 9.17) is 25.5 Å². The fourth-order valence-electron chi connectivity index (χ4n) is 1.57. The summed E-state index contributed by atoms with van der Waals surface area (Å²) >= 11 is 9.22. The van der Waals surface area contributed by atoms with E-state index in [1.54, 1.807) is 24.3 Å². The van der Waals surface area contributed by atoms with Gasteiger partial charge in [-0.05, 0) is 28.1 Å². The lowest BCUT2D eigenvalue weighted by molar-refractivity contribution is 0.0995. The summed E-state index contributed by atoms with van der Waals surface area (Å²) in [6, 6.07) is 6.32. The van der Waals surface area contributed by atoms with Crippen molar-refractivity contribution in [3.63, 3.8) is 0 Å². The Kier molecular flexibility index (Phi) is 4.57. The number of nitrogens with one attached hydrogen (secondary N) is 1. The van der Waals surface area contributed by atoms with Gasteiger partial charge in [-0.3, -0.25) is 4.79 Å². The lowest BCUT2D eigenvalue weighted by atomic mass is 10.2. The third-order valence-corrected chi connectivity index (χ3v) is 3.26. The predicted molar refractivity (Wildman–Crippen MR) is 78.9 cm³/mol. The average molecular weight is 361 g/mol. The van der Waals surface area contributed by atoms with Gasteiger partial charge < -0.3 is 19.2 Å². The van der Waals surface area contributed by atoms with Crippen molar-refractivity contribution in [2.45, 2.75) is 0 Å². The summed E-state index contributed by atoms with van der Waals surface area (Å²) in [5.74, 6) is 0.705. The molecule has 0 radical (unpaired) electrons. The molecular weight excluding hydrogens is 350 g/mol. The van der Waals surface area contributed by atoms with Crippen LogP contribution < -0.4 is 14.8 Å². The second-order valence-corrected chi connectivity index (χ2v) is 4.93. The molecule has 7 heteroatoms. The number of hydrogen-bond acceptors (Lipinski definition) is 4. The van der Waals surface area contributed by atoms with Crippen molar-refractivity contribution in [3.05, 3.63) is 39.7 Å². The Hall–Kier alpha value is -1.66. The molecule has 1 N–H and O–H groups in total. The highest BCUT2D eigenvalue weighted by Gasteiger charge is 2.15. The highest BCUT2D eigenvalue weighted by Crippen LogP contribution is 2.36. The second kappa shape index (κ2) is 6.19. The van der Waals surface area contributed by atoms with E-state index in [-0.39, 0.29) is 5.76 Å². The molecule has 0 unspecified atom stereocenters. The summed E-state index contributed by atoms with van der Waals surface area (Å²) in [7, 11) is 3.01. The average Bonchev–Trinajstić information content (AvgIpc) is 2.87. The molecule has 0 aliphatic heterocycles. The maximum absolute atomic E-state index is 12.0. The van der Waals surface area contributed by atoms with Crippen molar-refractivity contribution in [2.24, 2.45) is 0 Å². The summed E-state index contributed by atoms with van der Waals surface area (Å²) in [6.07, 6.45) is 0. The van der Waals surface area contributed by atoms with Crippen LogP contribution in [0, 0.1) is 0 Å². The minimum Gasteiger partial charge on any atom is -0.493 e. The molecule has 0 aliphatic carbocycles. The van der Waals surface area contributed by atoms with Gasteiger partial charge in [0, 0.05) is 12.1 Å². The molecule has 106 valence electrons. The Labute approximate surface area is 128 Å². The van der Waals surface area contributed by atoms with Crippen molar-refractivity contribution in [2.75, 3.05) is 19.5 Å². The van der Waals surface area contributed by atoms with Crippen molar-refractivity contribution in [1.29, 1.82) is 0 Å². The first-order chi connectivity index (χ1) is 9.55. The van der Waals surface area contributed by atoms with Crippen LogP contribution >= 0.6 is 27.5 Å². The largest absolute Gasteiger partial charge is 0.493 e. The second-order valence-electron chi connectivity index (χ2n) is 3.74. The number of methoxy groups -OCH3 is 2. The van der Waals surface area contributed by atoms with E-state index >= 15 is 0 Å². The quantitative estimate of drug-likeness (QED) is 0.896. The van der Waals surface area contributed by atoms with Crippen LogP contribution in [-0.2, 0) is 0 Å². The minimum atomic E-state index is -0.412. The topological polar surface area (TPSA) is 60.7 Å². The number of amides is 1. The molecule has 2 rings (SSSR count). The first-order valence-corrected chi connectivity index (χ1v) is 6.70. The third kappa shape index (κ3) is 3.08. The lowest BCUT2D eigenvalue weighted by Crippen LogP contribution is -2.11. The van der Waals surface area contributed by atoms with E-state index in [1.165, 1.54) is 14.2 Å². The molecule has 0 fully saturated rings. The van der Waals surface area contributed by atoms with Crippen molar-refractivity contribution < 1.29 is 18.7 Å². The monoisotopic (exact) mass is 359 g/mol. The van der Waals surface area contributed by atoms with Gasteiger partial charge in [0.2, 0.25) is 0 Å². The predicted octanol–water partition coefficient (Wildman–Crippen LogP) is 3.97. The molecule has 1 heterocycles. The smallest absolute Gasteiger partial charge is 0.291 e. The summed E-state index contributed by atoms with van der Waals surface area (Å²) < 4.78 is 15.9. The number of hydrogen-bond donors (Lipinski definition) is 1. The molecular formula is C13H11BrClNO4. The first kappa shape index (κ1) is 14.7. The number of furan rings is 1. The maximum atomic E-state index is 12.0. The van der Waals surface area contributed by atoms with Crippen molar-refractivity contribution >= 4 is 39.1 Å². The van der Waals surface area contributed by atoms with Gasteiger partial charge in [-0.25, -0.2) is 0 Å². The highest BCUT2D eigenvalue weighted by molar-refractivity contribution is 9.10. The molecule has 0 atom stereocenters. The van der Waals surface area contributed by atoms with Gasteiger partial charge in [-0.1, -0.05) is 11.6 Å². The normalized spacial score (nSPS) is 10.2. The zero-order chi connectivity index (χ0) is 14.7. The van der Waals surface area contributed by atoms with Gasteiger partial charge in [0.25, 0.3) is 5.91 Å². The number of carbonyl (C=O) groups excluding carboxylic acids is 1. The molecule has 0 aliphatic rings. The van der Waals surface area contributed by atoms with E-state index in [9.17, 15) is 4.79 Å². The molecule has 0 saturated heterocycles. The number of benzene rings is 1. The van der Waals surface area contributed by atoms with Crippen LogP contribution in [0.15, 0.2) is 33.4 Å². The van der Waals surface area contributed by atoms with E-state index < -0.39 is 5.91 Å². The van der Waals surface area contributed by atoms with Crippen LogP contribution in [0.5, 0.6) is 11.5 Å². The Bertz CT molecular complexity index is 641. The summed E-state index contributed by atoms with van der Waals surface area (Å²) in [5.41, 5.74) is 0.404. The Morgan fingerprint density at radius 1 is 1.25 bits per heavy atom. The number of anilines is 1. The van der Waals surface area contributed by atoms with Crippen molar-refractivity contribution in [3.8, 4) is 11.5 Å². The zero-order valence-electron chi connectivity index (χ0n) is 10.7. The maximum Gasteiger partial charge on any atom is 0.291 e. The summed E-state index contributed by atoms with van der Waals surface area (Å²) in [5, 5.41) is 2.98. The lowest BCUT2D eigenvalue weighted by Gasteiger charge is -2.12. The van der Waals surface area contributed by atoms with Gasteiger partial charge in [0.15, 0.2) is 21.9 Å². The molecule has 0 saturated carbocycles. The third-order valence-electron chi connectivity index (χ3n) is 2.52. The fraction of sp³-hybridized carbons (Fsp3) is 0.154. The number of halogens is 2. The van der Waals surface area contributed by atoms with E-state index in [0.717, 1.165) is 0 Å². The number of rotatable bonds is 4. The molecule has 5 nitrogen and oxygen atoms in total. The summed E-state index contributed by atoms with van der Waals surface area (Å²) in [4.78, 5) is 12.0. The Balaban J connectivity index is 2.27. The van der Waals surface area contributed by atoms with Gasteiger partial charge in [0.1, 0.15) is 0 Å².